The first-order chi connectivity index (χ1) is 13.7. The second kappa shape index (κ2) is 8.17. The van der Waals surface area contributed by atoms with Crippen LogP contribution < -0.4 is 5.73 Å². The summed E-state index contributed by atoms with van der Waals surface area (Å²) in [5.74, 6) is -2.06. The normalized spacial score (nSPS) is 23.7. The van der Waals surface area contributed by atoms with Crippen molar-refractivity contribution in [3.8, 4) is 0 Å². The number of hydrogen-bond donors (Lipinski definition) is 1. The molecule has 1 fully saturated rings. The molecule has 0 saturated carbocycles. The van der Waals surface area contributed by atoms with Crippen molar-refractivity contribution in [2.45, 2.75) is 51.9 Å². The average molecular weight is 428 g/mol. The number of nitrogen functional groups attached to an aromatic ring is 1. The van der Waals surface area contributed by atoms with Gasteiger partial charge in [0.1, 0.15) is 5.52 Å². The lowest BCUT2D eigenvalue weighted by Crippen LogP contribution is -2.40. The number of nitrogens with two attached hydrogens (primary N) is 1. The number of fused-ring (bicyclic) bond motifs is 1. The first-order valence-electron chi connectivity index (χ1n) is 8.56. The lowest BCUT2D eigenvalue weighted by Gasteiger charge is -2.23. The molecule has 0 amide bonds. The average Bonchev–Trinajstić information content (AvgIpc) is 3.17. The summed E-state index contributed by atoms with van der Waals surface area (Å²) in [6, 6.07) is 0. The predicted octanol–water partition coefficient (Wildman–Crippen LogP) is 0.733. The van der Waals surface area contributed by atoms with Crippen LogP contribution in [0.4, 0.5) is 5.95 Å². The first kappa shape index (κ1) is 20.7. The summed E-state index contributed by atoms with van der Waals surface area (Å²) in [5, 5.41) is 0.0128. The van der Waals surface area contributed by atoms with E-state index in [-0.39, 0.29) is 28.7 Å². The molecule has 0 aliphatic carbocycles. The number of anilines is 1. The van der Waals surface area contributed by atoms with Crippen LogP contribution in [-0.4, -0.2) is 55.9 Å². The number of esters is 3. The number of nitrogens with zero attached hydrogens (tertiary/aromatic N) is 4. The van der Waals surface area contributed by atoms with Crippen LogP contribution in [0, 0.1) is 0 Å². The summed E-state index contributed by atoms with van der Waals surface area (Å²) in [6.45, 7) is 3.93. The minimum Gasteiger partial charge on any atom is -0.453 e. The molecule has 13 heteroatoms. The Morgan fingerprint density at radius 2 is 1.83 bits per heavy atom. The Labute approximate surface area is 169 Å². The van der Waals surface area contributed by atoms with Gasteiger partial charge in [0.25, 0.3) is 0 Å². The highest BCUT2D eigenvalue weighted by Gasteiger charge is 2.52. The van der Waals surface area contributed by atoms with E-state index in [4.69, 9.17) is 36.3 Å². The molecule has 0 unspecified atom stereocenters. The van der Waals surface area contributed by atoms with E-state index in [9.17, 15) is 14.4 Å². The molecular formula is C16H18ClN5O7. The molecule has 3 heterocycles. The van der Waals surface area contributed by atoms with Crippen LogP contribution in [0.15, 0.2) is 6.33 Å². The van der Waals surface area contributed by atoms with Gasteiger partial charge in [-0.3, -0.25) is 19.0 Å². The molecule has 1 aliphatic heterocycles. The van der Waals surface area contributed by atoms with E-state index in [1.54, 1.807) is 6.92 Å². The number of aromatic nitrogens is 4. The second-order valence-electron chi connectivity index (χ2n) is 6.08. The topological polar surface area (TPSA) is 158 Å². The molecule has 0 aromatic carbocycles. The van der Waals surface area contributed by atoms with Gasteiger partial charge in [0.15, 0.2) is 23.1 Å². The Morgan fingerprint density at radius 3 is 2.45 bits per heavy atom. The van der Waals surface area contributed by atoms with Crippen molar-refractivity contribution in [1.29, 1.82) is 0 Å². The monoisotopic (exact) mass is 427 g/mol. The minimum atomic E-state index is -1.33. The molecule has 29 heavy (non-hydrogen) atoms. The highest BCUT2D eigenvalue weighted by Crippen LogP contribution is 2.37. The van der Waals surface area contributed by atoms with Gasteiger partial charge in [-0.2, -0.15) is 9.97 Å². The summed E-state index contributed by atoms with van der Waals surface area (Å²) in [6.07, 6.45) is -3.44. The first-order valence-corrected chi connectivity index (χ1v) is 8.94. The Bertz CT molecular complexity index is 965. The van der Waals surface area contributed by atoms with Gasteiger partial charge in [0, 0.05) is 20.3 Å². The fourth-order valence-corrected chi connectivity index (χ4v) is 3.08. The van der Waals surface area contributed by atoms with E-state index >= 15 is 0 Å². The summed E-state index contributed by atoms with van der Waals surface area (Å²) in [5.41, 5.74) is 6.07. The van der Waals surface area contributed by atoms with E-state index in [2.05, 4.69) is 15.0 Å². The molecule has 3 rings (SSSR count). The number of imidazole rings is 1. The van der Waals surface area contributed by atoms with Gasteiger partial charge in [-0.05, 0) is 0 Å². The number of rotatable bonds is 5. The van der Waals surface area contributed by atoms with E-state index in [0.717, 1.165) is 6.92 Å². The maximum Gasteiger partial charge on any atom is 0.307 e. The third-order valence-electron chi connectivity index (χ3n) is 3.96. The third kappa shape index (κ3) is 4.22. The lowest BCUT2D eigenvalue weighted by atomic mass is 10.2. The molecule has 0 bridgehead atoms. The second-order valence-corrected chi connectivity index (χ2v) is 6.44. The predicted molar refractivity (Wildman–Crippen MR) is 96.1 cm³/mol. The number of carbonyl (C=O) groups is 3. The molecule has 1 saturated heterocycles. The Kier molecular flexibility index (Phi) is 5.84. The van der Waals surface area contributed by atoms with Crippen LogP contribution in [0.5, 0.6) is 0 Å². The van der Waals surface area contributed by atoms with Gasteiger partial charge in [-0.1, -0.05) is 18.5 Å². The smallest absolute Gasteiger partial charge is 0.307 e. The van der Waals surface area contributed by atoms with Gasteiger partial charge >= 0.3 is 17.9 Å². The van der Waals surface area contributed by atoms with Gasteiger partial charge in [-0.15, -0.1) is 0 Å². The number of hydrogen-bond acceptors (Lipinski definition) is 11. The fourth-order valence-electron chi connectivity index (χ4n) is 2.86. The number of ether oxygens (including phenoxy) is 4. The summed E-state index contributed by atoms with van der Waals surface area (Å²) >= 11 is 6.05. The van der Waals surface area contributed by atoms with Gasteiger partial charge in [-0.25, -0.2) is 4.98 Å². The van der Waals surface area contributed by atoms with Crippen molar-refractivity contribution in [2.24, 2.45) is 0 Å². The Morgan fingerprint density at radius 1 is 1.17 bits per heavy atom. The van der Waals surface area contributed by atoms with Crippen molar-refractivity contribution >= 4 is 46.6 Å². The van der Waals surface area contributed by atoms with Crippen molar-refractivity contribution in [1.82, 2.24) is 19.5 Å². The number of carbonyl (C=O) groups excluding carboxylic acids is 3. The van der Waals surface area contributed by atoms with E-state index in [1.165, 1.54) is 17.8 Å². The van der Waals surface area contributed by atoms with Crippen LogP contribution in [0.3, 0.4) is 0 Å². The van der Waals surface area contributed by atoms with Gasteiger partial charge in [0.05, 0.1) is 6.33 Å². The molecule has 4 atom stereocenters. The third-order valence-corrected chi connectivity index (χ3v) is 4.22. The zero-order valence-corrected chi connectivity index (χ0v) is 16.5. The largest absolute Gasteiger partial charge is 0.453 e. The Hall–Kier alpha value is -2.99. The molecule has 2 aromatic rings. The van der Waals surface area contributed by atoms with Crippen molar-refractivity contribution in [3.05, 3.63) is 11.5 Å². The van der Waals surface area contributed by atoms with E-state index in [1.807, 2.05) is 0 Å². The molecule has 1 aliphatic rings. The summed E-state index contributed by atoms with van der Waals surface area (Å²) in [4.78, 5) is 47.1. The SMILES string of the molecule is CCC(=O)O[C@H]1O[C@@H](n2cnc3c(Cl)nc(N)nc32)[C@H](OC(C)=O)[C@H]1OC(C)=O. The highest BCUT2D eigenvalue weighted by molar-refractivity contribution is 6.33. The van der Waals surface area contributed by atoms with Gasteiger partial charge < -0.3 is 24.7 Å². The van der Waals surface area contributed by atoms with E-state index < -0.39 is 42.6 Å². The quantitative estimate of drug-likeness (QED) is 0.407. The summed E-state index contributed by atoms with van der Waals surface area (Å²) < 4.78 is 22.9. The van der Waals surface area contributed by atoms with Crippen LogP contribution in [0.2, 0.25) is 5.15 Å². The highest BCUT2D eigenvalue weighted by atomic mass is 35.5. The molecular weight excluding hydrogens is 410 g/mol. The van der Waals surface area contributed by atoms with Crippen molar-refractivity contribution < 1.29 is 33.3 Å². The standard InChI is InChI=1S/C16H18ClN5O7/c1-4-8(25)28-15-11(27-7(3)24)10(26-6(2)23)14(29-15)22-5-19-9-12(17)20-16(18)21-13(9)22/h5,10-11,14-15H,4H2,1-3H3,(H2,18,20,21)/t10-,11-,14-,15+/m1/s1. The maximum atomic E-state index is 11.8. The zero-order chi connectivity index (χ0) is 21.3. The van der Waals surface area contributed by atoms with Crippen LogP contribution in [0.25, 0.3) is 11.2 Å². The molecule has 2 N–H and O–H groups in total. The lowest BCUT2D eigenvalue weighted by molar-refractivity contribution is -0.200. The van der Waals surface area contributed by atoms with Gasteiger partial charge in [0.2, 0.25) is 18.3 Å². The molecule has 0 radical (unpaired) electrons. The number of halogens is 1. The molecule has 0 spiro atoms. The summed E-state index contributed by atoms with van der Waals surface area (Å²) in [7, 11) is 0. The van der Waals surface area contributed by atoms with Crippen LogP contribution >= 0.6 is 11.6 Å². The van der Waals surface area contributed by atoms with Crippen molar-refractivity contribution in [3.63, 3.8) is 0 Å². The Balaban J connectivity index is 2.06. The van der Waals surface area contributed by atoms with Crippen LogP contribution in [0.1, 0.15) is 33.4 Å². The van der Waals surface area contributed by atoms with Crippen LogP contribution in [-0.2, 0) is 33.3 Å². The maximum absolute atomic E-state index is 11.8. The molecule has 2 aromatic heterocycles. The van der Waals surface area contributed by atoms with E-state index in [0.29, 0.717) is 0 Å². The minimum absolute atomic E-state index is 0.0128. The fraction of sp³-hybridized carbons (Fsp3) is 0.500. The molecule has 156 valence electrons. The molecule has 12 nitrogen and oxygen atoms in total. The zero-order valence-electron chi connectivity index (χ0n) is 15.7. The van der Waals surface area contributed by atoms with Crippen molar-refractivity contribution in [2.75, 3.05) is 5.73 Å².